The van der Waals surface area contributed by atoms with E-state index in [2.05, 4.69) is 19.8 Å². The summed E-state index contributed by atoms with van der Waals surface area (Å²) in [5.41, 5.74) is 0.479. The lowest BCUT2D eigenvalue weighted by molar-refractivity contribution is 0.600. The Kier molecular flexibility index (Phi) is 3.66. The summed E-state index contributed by atoms with van der Waals surface area (Å²) in [5.74, 6) is -0.190. The first-order valence-corrected chi connectivity index (χ1v) is 7.24. The standard InChI is InChI=1S/C9H9Cl2N5O2S/c1-5-7(10)13-9(14-8(5)11)15-19(17,18)6-3-12-16(2)4-6/h3-4H,1-2H3,(H,13,14,15). The van der Waals surface area contributed by atoms with Crippen LogP contribution in [-0.2, 0) is 17.1 Å². The van der Waals surface area contributed by atoms with Crippen molar-refractivity contribution in [2.75, 3.05) is 4.72 Å². The molecule has 2 heterocycles. The van der Waals surface area contributed by atoms with Crippen molar-refractivity contribution in [1.29, 1.82) is 0 Å². The molecule has 2 rings (SSSR count). The van der Waals surface area contributed by atoms with Crippen molar-refractivity contribution in [2.24, 2.45) is 7.05 Å². The van der Waals surface area contributed by atoms with Gasteiger partial charge in [-0.3, -0.25) is 4.68 Å². The first-order chi connectivity index (χ1) is 8.79. The van der Waals surface area contributed by atoms with Gasteiger partial charge in [0.25, 0.3) is 10.0 Å². The molecular formula is C9H9Cl2N5O2S. The molecule has 0 amide bonds. The average molecular weight is 322 g/mol. The quantitative estimate of drug-likeness (QED) is 0.868. The molecule has 0 saturated heterocycles. The van der Waals surface area contributed by atoms with Gasteiger partial charge in [0.2, 0.25) is 5.95 Å². The lowest BCUT2D eigenvalue weighted by Crippen LogP contribution is -2.15. The Balaban J connectivity index is 2.36. The van der Waals surface area contributed by atoms with Gasteiger partial charge in [-0.15, -0.1) is 0 Å². The van der Waals surface area contributed by atoms with Crippen molar-refractivity contribution in [3.05, 3.63) is 28.3 Å². The molecule has 0 fully saturated rings. The van der Waals surface area contributed by atoms with Gasteiger partial charge in [-0.25, -0.2) is 13.1 Å². The van der Waals surface area contributed by atoms with Gasteiger partial charge in [-0.05, 0) is 6.92 Å². The van der Waals surface area contributed by atoms with E-state index in [1.807, 2.05) is 0 Å². The van der Waals surface area contributed by atoms with Gasteiger partial charge in [-0.2, -0.15) is 15.1 Å². The second-order valence-electron chi connectivity index (χ2n) is 3.71. The monoisotopic (exact) mass is 321 g/mol. The van der Waals surface area contributed by atoms with E-state index in [1.54, 1.807) is 14.0 Å². The highest BCUT2D eigenvalue weighted by molar-refractivity contribution is 7.92. The van der Waals surface area contributed by atoms with Gasteiger partial charge in [0.15, 0.2) is 0 Å². The van der Waals surface area contributed by atoms with Crippen LogP contribution in [-0.4, -0.2) is 28.2 Å². The third-order valence-electron chi connectivity index (χ3n) is 2.24. The van der Waals surface area contributed by atoms with Crippen LogP contribution in [0.4, 0.5) is 5.95 Å². The zero-order valence-corrected chi connectivity index (χ0v) is 12.3. The van der Waals surface area contributed by atoms with Crippen molar-refractivity contribution in [3.8, 4) is 0 Å². The van der Waals surface area contributed by atoms with E-state index >= 15 is 0 Å². The van der Waals surface area contributed by atoms with E-state index in [4.69, 9.17) is 23.2 Å². The van der Waals surface area contributed by atoms with E-state index in [1.165, 1.54) is 17.1 Å². The van der Waals surface area contributed by atoms with E-state index in [-0.39, 0.29) is 21.2 Å². The molecule has 0 aliphatic heterocycles. The SMILES string of the molecule is Cc1c(Cl)nc(NS(=O)(=O)c2cnn(C)c2)nc1Cl. The number of aryl methyl sites for hydroxylation is 1. The summed E-state index contributed by atoms with van der Waals surface area (Å²) < 4.78 is 27.5. The number of anilines is 1. The smallest absolute Gasteiger partial charge is 0.267 e. The van der Waals surface area contributed by atoms with Gasteiger partial charge in [-0.1, -0.05) is 23.2 Å². The third kappa shape index (κ3) is 2.96. The van der Waals surface area contributed by atoms with E-state index in [0.29, 0.717) is 5.56 Å². The number of rotatable bonds is 3. The zero-order valence-electron chi connectivity index (χ0n) is 9.92. The molecule has 2 aromatic heterocycles. The van der Waals surface area contributed by atoms with Crippen molar-refractivity contribution in [2.45, 2.75) is 11.8 Å². The number of halogens is 2. The highest BCUT2D eigenvalue weighted by atomic mass is 35.5. The van der Waals surface area contributed by atoms with Crippen LogP contribution in [0.15, 0.2) is 17.3 Å². The number of hydrogen-bond acceptors (Lipinski definition) is 5. The second kappa shape index (κ2) is 4.95. The van der Waals surface area contributed by atoms with Gasteiger partial charge in [0, 0.05) is 18.8 Å². The number of nitrogens with zero attached hydrogens (tertiary/aromatic N) is 4. The molecule has 102 valence electrons. The fourth-order valence-corrected chi connectivity index (χ4v) is 2.54. The molecule has 0 radical (unpaired) electrons. The summed E-state index contributed by atoms with van der Waals surface area (Å²) in [6.45, 7) is 1.63. The molecule has 0 aliphatic rings. The summed E-state index contributed by atoms with van der Waals surface area (Å²) in [6.07, 6.45) is 2.56. The summed E-state index contributed by atoms with van der Waals surface area (Å²) in [6, 6.07) is 0. The molecule has 0 saturated carbocycles. The highest BCUT2D eigenvalue weighted by Crippen LogP contribution is 2.22. The molecule has 10 heteroatoms. The summed E-state index contributed by atoms with van der Waals surface area (Å²) in [7, 11) is -2.21. The first kappa shape index (κ1) is 14.0. The maximum atomic E-state index is 12.0. The Morgan fingerprint density at radius 2 is 1.84 bits per heavy atom. The predicted octanol–water partition coefficient (Wildman–Crippen LogP) is 1.63. The molecule has 19 heavy (non-hydrogen) atoms. The Hall–Kier alpha value is -1.38. The van der Waals surface area contributed by atoms with Crippen LogP contribution in [0.2, 0.25) is 10.3 Å². The van der Waals surface area contributed by atoms with Gasteiger partial charge < -0.3 is 0 Å². The Bertz CT molecular complexity index is 705. The molecule has 1 N–H and O–H groups in total. The Labute approximate surface area is 119 Å². The van der Waals surface area contributed by atoms with E-state index in [9.17, 15) is 8.42 Å². The molecule has 7 nitrogen and oxygen atoms in total. The average Bonchev–Trinajstić information content (AvgIpc) is 2.73. The Morgan fingerprint density at radius 3 is 2.32 bits per heavy atom. The topological polar surface area (TPSA) is 89.8 Å². The molecule has 0 bridgehead atoms. The summed E-state index contributed by atoms with van der Waals surface area (Å²) in [4.78, 5) is 7.60. The minimum atomic E-state index is -3.81. The minimum Gasteiger partial charge on any atom is -0.274 e. The molecule has 0 atom stereocenters. The van der Waals surface area contributed by atoms with Crippen LogP contribution in [0.1, 0.15) is 5.56 Å². The fourth-order valence-electron chi connectivity index (χ4n) is 1.23. The van der Waals surface area contributed by atoms with E-state index in [0.717, 1.165) is 0 Å². The maximum absolute atomic E-state index is 12.0. The molecule has 0 aromatic carbocycles. The lowest BCUT2D eigenvalue weighted by atomic mass is 10.4. The molecular weight excluding hydrogens is 313 g/mol. The Morgan fingerprint density at radius 1 is 1.26 bits per heavy atom. The van der Waals surface area contributed by atoms with Crippen molar-refractivity contribution in [3.63, 3.8) is 0 Å². The zero-order chi connectivity index (χ0) is 14.2. The van der Waals surface area contributed by atoms with Crippen molar-refractivity contribution < 1.29 is 8.42 Å². The van der Waals surface area contributed by atoms with Crippen LogP contribution < -0.4 is 4.72 Å². The summed E-state index contributed by atoms with van der Waals surface area (Å²) in [5, 5.41) is 3.95. The molecule has 0 spiro atoms. The van der Waals surface area contributed by atoms with Gasteiger partial charge in [0.05, 0.1) is 6.20 Å². The highest BCUT2D eigenvalue weighted by Gasteiger charge is 2.19. The largest absolute Gasteiger partial charge is 0.274 e. The van der Waals surface area contributed by atoms with Gasteiger partial charge >= 0.3 is 0 Å². The number of nitrogens with one attached hydrogen (secondary N) is 1. The predicted molar refractivity (Wildman–Crippen MR) is 70.8 cm³/mol. The second-order valence-corrected chi connectivity index (χ2v) is 6.11. The maximum Gasteiger partial charge on any atom is 0.267 e. The number of aromatic nitrogens is 4. The molecule has 2 aromatic rings. The summed E-state index contributed by atoms with van der Waals surface area (Å²) >= 11 is 11.6. The van der Waals surface area contributed by atoms with Crippen molar-refractivity contribution in [1.82, 2.24) is 19.7 Å². The fraction of sp³-hybridized carbons (Fsp3) is 0.222. The number of hydrogen-bond donors (Lipinski definition) is 1. The van der Waals surface area contributed by atoms with Gasteiger partial charge in [0.1, 0.15) is 15.2 Å². The molecule has 0 aliphatic carbocycles. The van der Waals surface area contributed by atoms with Crippen LogP contribution in [0, 0.1) is 6.92 Å². The number of sulfonamides is 1. The minimum absolute atomic E-state index is 0.00794. The normalized spacial score (nSPS) is 11.6. The van der Waals surface area contributed by atoms with Crippen LogP contribution in [0.3, 0.4) is 0 Å². The van der Waals surface area contributed by atoms with Crippen molar-refractivity contribution >= 4 is 39.2 Å². The van der Waals surface area contributed by atoms with Crippen LogP contribution >= 0.6 is 23.2 Å². The third-order valence-corrected chi connectivity index (χ3v) is 4.26. The first-order valence-electron chi connectivity index (χ1n) is 5.00. The van der Waals surface area contributed by atoms with E-state index < -0.39 is 10.0 Å². The van der Waals surface area contributed by atoms with Crippen LogP contribution in [0.25, 0.3) is 0 Å². The lowest BCUT2D eigenvalue weighted by Gasteiger charge is -2.06. The molecule has 0 unspecified atom stereocenters. The van der Waals surface area contributed by atoms with Crippen LogP contribution in [0.5, 0.6) is 0 Å².